The first-order valence-corrected chi connectivity index (χ1v) is 10.8. The summed E-state index contributed by atoms with van der Waals surface area (Å²) in [7, 11) is 0. The number of rotatable bonds is 6. The summed E-state index contributed by atoms with van der Waals surface area (Å²) >= 11 is 1.20. The van der Waals surface area contributed by atoms with E-state index in [1.165, 1.54) is 35.2 Å². The molecule has 0 bridgehead atoms. The number of carbonyl (C=O) groups excluding carboxylic acids is 2. The van der Waals surface area contributed by atoms with Crippen LogP contribution in [0.25, 0.3) is 6.08 Å². The second-order valence-electron chi connectivity index (χ2n) is 7.15. The van der Waals surface area contributed by atoms with E-state index < -0.39 is 18.0 Å². The van der Waals surface area contributed by atoms with Crippen LogP contribution >= 0.6 is 11.3 Å². The van der Waals surface area contributed by atoms with Crippen molar-refractivity contribution in [2.45, 2.75) is 19.9 Å². The van der Waals surface area contributed by atoms with Crippen molar-refractivity contribution in [3.05, 3.63) is 97.6 Å². The summed E-state index contributed by atoms with van der Waals surface area (Å²) < 4.78 is 17.6. The van der Waals surface area contributed by atoms with E-state index in [0.717, 1.165) is 0 Å². The summed E-state index contributed by atoms with van der Waals surface area (Å²) in [5, 5.41) is 0. The van der Waals surface area contributed by atoms with E-state index in [2.05, 4.69) is 11.6 Å². The number of nitrogens with zero attached hydrogens (tertiary/aromatic N) is 2. The zero-order chi connectivity index (χ0) is 23.5. The van der Waals surface area contributed by atoms with Crippen molar-refractivity contribution in [3.8, 4) is 5.75 Å². The molecule has 1 aromatic carbocycles. The molecule has 9 heteroatoms. The molecule has 168 valence electrons. The van der Waals surface area contributed by atoms with Gasteiger partial charge in [-0.15, -0.1) is 0 Å². The third kappa shape index (κ3) is 4.49. The van der Waals surface area contributed by atoms with E-state index in [0.29, 0.717) is 32.1 Å². The lowest BCUT2D eigenvalue weighted by Crippen LogP contribution is -2.39. The quantitative estimate of drug-likeness (QED) is 0.316. The topological polar surface area (TPSA) is 100 Å². The molecular formula is C24H20N2O6S. The fourth-order valence-electron chi connectivity index (χ4n) is 3.50. The van der Waals surface area contributed by atoms with Crippen molar-refractivity contribution < 1.29 is 23.5 Å². The molecule has 8 nitrogen and oxygen atoms in total. The number of carbonyl (C=O) groups is 2. The molecule has 2 aromatic heterocycles. The van der Waals surface area contributed by atoms with Crippen LogP contribution in [0.15, 0.2) is 80.8 Å². The zero-order valence-electron chi connectivity index (χ0n) is 17.9. The van der Waals surface area contributed by atoms with Gasteiger partial charge in [0.25, 0.3) is 5.56 Å². The summed E-state index contributed by atoms with van der Waals surface area (Å²) in [6, 6.07) is 9.32. The number of hydrogen-bond acceptors (Lipinski definition) is 8. The molecule has 1 aliphatic heterocycles. The lowest BCUT2D eigenvalue weighted by atomic mass is 9.96. The van der Waals surface area contributed by atoms with Crippen LogP contribution in [0.3, 0.4) is 0 Å². The van der Waals surface area contributed by atoms with Gasteiger partial charge in [-0.25, -0.2) is 9.79 Å². The lowest BCUT2D eigenvalue weighted by Gasteiger charge is -2.24. The summed E-state index contributed by atoms with van der Waals surface area (Å²) in [6.07, 6.45) is 4.63. The number of furan rings is 1. The molecule has 3 aromatic rings. The minimum atomic E-state index is -0.774. The molecule has 0 unspecified atom stereocenters. The van der Waals surface area contributed by atoms with Crippen molar-refractivity contribution in [2.24, 2.45) is 4.99 Å². The van der Waals surface area contributed by atoms with Gasteiger partial charge in [0.1, 0.15) is 18.1 Å². The molecule has 0 amide bonds. The molecule has 0 saturated carbocycles. The lowest BCUT2D eigenvalue weighted by molar-refractivity contribution is -0.138. The van der Waals surface area contributed by atoms with Crippen LogP contribution in [-0.2, 0) is 14.3 Å². The third-order valence-corrected chi connectivity index (χ3v) is 5.83. The minimum absolute atomic E-state index is 0.0244. The Labute approximate surface area is 192 Å². The Morgan fingerprint density at radius 1 is 1.27 bits per heavy atom. The Bertz CT molecular complexity index is 1430. The average molecular weight is 464 g/mol. The molecule has 0 fully saturated rings. The van der Waals surface area contributed by atoms with Gasteiger partial charge in [-0.1, -0.05) is 36.1 Å². The van der Waals surface area contributed by atoms with Gasteiger partial charge in [-0.3, -0.25) is 14.2 Å². The van der Waals surface area contributed by atoms with E-state index >= 15 is 0 Å². The monoisotopic (exact) mass is 464 g/mol. The minimum Gasteiger partial charge on any atom is -0.465 e. The van der Waals surface area contributed by atoms with Crippen molar-refractivity contribution in [3.63, 3.8) is 0 Å². The van der Waals surface area contributed by atoms with E-state index in [9.17, 15) is 14.4 Å². The molecule has 0 N–H and O–H groups in total. The Morgan fingerprint density at radius 3 is 2.67 bits per heavy atom. The maximum Gasteiger partial charge on any atom is 0.338 e. The number of esters is 2. The Balaban J connectivity index is 1.89. The van der Waals surface area contributed by atoms with Gasteiger partial charge in [-0.2, -0.15) is 0 Å². The second kappa shape index (κ2) is 9.25. The summed E-state index contributed by atoms with van der Waals surface area (Å²) in [5.74, 6) is -0.152. The Morgan fingerprint density at radius 2 is 2.03 bits per heavy atom. The normalized spacial score (nSPS) is 15.6. The van der Waals surface area contributed by atoms with Gasteiger partial charge in [0, 0.05) is 13.0 Å². The SMILES string of the molecule is C=CCOC(=O)C1=C(C)N=c2s/c(=C\c3ccco3)c(=O)n2[C@@H]1c1ccc(OC(C)=O)cc1. The predicted octanol–water partition coefficient (Wildman–Crippen LogP) is 2.48. The van der Waals surface area contributed by atoms with Crippen LogP contribution in [0.1, 0.15) is 31.2 Å². The summed E-state index contributed by atoms with van der Waals surface area (Å²) in [6.45, 7) is 6.61. The van der Waals surface area contributed by atoms with Crippen molar-refractivity contribution in [2.75, 3.05) is 6.61 Å². The van der Waals surface area contributed by atoms with Crippen molar-refractivity contribution in [1.82, 2.24) is 4.57 Å². The van der Waals surface area contributed by atoms with Gasteiger partial charge < -0.3 is 13.9 Å². The molecular weight excluding hydrogens is 444 g/mol. The number of ether oxygens (including phenoxy) is 2. The zero-order valence-corrected chi connectivity index (χ0v) is 18.8. The Kier molecular flexibility index (Phi) is 6.23. The number of benzene rings is 1. The summed E-state index contributed by atoms with van der Waals surface area (Å²) in [5.41, 5.74) is 1.01. The molecule has 0 radical (unpaired) electrons. The third-order valence-electron chi connectivity index (χ3n) is 4.85. The van der Waals surface area contributed by atoms with Crippen LogP contribution < -0.4 is 19.6 Å². The maximum atomic E-state index is 13.4. The van der Waals surface area contributed by atoms with E-state index in [4.69, 9.17) is 13.9 Å². The number of allylic oxidation sites excluding steroid dienone is 1. The molecule has 3 heterocycles. The van der Waals surface area contributed by atoms with E-state index in [-0.39, 0.29) is 17.7 Å². The molecule has 0 spiro atoms. The van der Waals surface area contributed by atoms with Gasteiger partial charge in [0.15, 0.2) is 4.80 Å². The molecule has 33 heavy (non-hydrogen) atoms. The highest BCUT2D eigenvalue weighted by Gasteiger charge is 2.33. The molecule has 4 rings (SSSR count). The van der Waals surface area contributed by atoms with Crippen molar-refractivity contribution >= 4 is 29.4 Å². The first-order chi connectivity index (χ1) is 15.9. The first-order valence-electron chi connectivity index (χ1n) is 10.0. The van der Waals surface area contributed by atoms with Crippen LogP contribution in [0, 0.1) is 0 Å². The van der Waals surface area contributed by atoms with E-state index in [1.807, 2.05) is 0 Å². The Hall–Kier alpha value is -3.98. The molecule has 0 aliphatic carbocycles. The van der Waals surface area contributed by atoms with Crippen LogP contribution in [0.2, 0.25) is 0 Å². The number of fused-ring (bicyclic) bond motifs is 1. The van der Waals surface area contributed by atoms with Gasteiger partial charge in [0.2, 0.25) is 0 Å². The highest BCUT2D eigenvalue weighted by atomic mass is 32.1. The largest absolute Gasteiger partial charge is 0.465 e. The number of hydrogen-bond donors (Lipinski definition) is 0. The van der Waals surface area contributed by atoms with Gasteiger partial charge >= 0.3 is 11.9 Å². The van der Waals surface area contributed by atoms with Gasteiger partial charge in [-0.05, 0) is 36.8 Å². The molecule has 0 saturated heterocycles. The van der Waals surface area contributed by atoms with Crippen LogP contribution in [0.5, 0.6) is 5.75 Å². The summed E-state index contributed by atoms with van der Waals surface area (Å²) in [4.78, 5) is 42.6. The van der Waals surface area contributed by atoms with Gasteiger partial charge in [0.05, 0.1) is 28.1 Å². The number of aromatic nitrogens is 1. The maximum absolute atomic E-state index is 13.4. The smallest absolute Gasteiger partial charge is 0.338 e. The van der Waals surface area contributed by atoms with Crippen LogP contribution in [0.4, 0.5) is 0 Å². The van der Waals surface area contributed by atoms with Crippen LogP contribution in [-0.4, -0.2) is 23.1 Å². The standard InChI is InChI=1S/C24H20N2O6S/c1-4-11-31-23(29)20-14(2)25-24-26(22(28)19(33-24)13-18-6-5-12-30-18)21(20)16-7-9-17(10-8-16)32-15(3)27/h4-10,12-13,21H,1,11H2,2-3H3/b19-13-/t21-/m1/s1. The highest BCUT2D eigenvalue weighted by Crippen LogP contribution is 2.31. The highest BCUT2D eigenvalue weighted by molar-refractivity contribution is 7.07. The number of thiazole rings is 1. The van der Waals surface area contributed by atoms with Crippen molar-refractivity contribution in [1.29, 1.82) is 0 Å². The fourth-order valence-corrected chi connectivity index (χ4v) is 4.52. The second-order valence-corrected chi connectivity index (χ2v) is 8.16. The fraction of sp³-hybridized carbons (Fsp3) is 0.167. The molecule has 1 atom stereocenters. The first kappa shape index (κ1) is 22.2. The van der Waals surface area contributed by atoms with E-state index in [1.54, 1.807) is 49.4 Å². The predicted molar refractivity (Wildman–Crippen MR) is 121 cm³/mol. The molecule has 1 aliphatic rings. The average Bonchev–Trinajstić information content (AvgIpc) is 3.39.